The van der Waals surface area contributed by atoms with Crippen LogP contribution in [0.5, 0.6) is 0 Å². The van der Waals surface area contributed by atoms with Crippen LogP contribution in [0.25, 0.3) is 5.82 Å². The highest BCUT2D eigenvalue weighted by Crippen LogP contribution is 2.27. The third-order valence-electron chi connectivity index (χ3n) is 7.13. The monoisotopic (exact) mass is 557 g/mol. The number of anilines is 4. The maximum Gasteiger partial charge on any atom is 0.255 e. The molecule has 0 aliphatic carbocycles. The third-order valence-corrected chi connectivity index (χ3v) is 7.13. The average Bonchev–Trinajstić information content (AvgIpc) is 3.35. The summed E-state index contributed by atoms with van der Waals surface area (Å²) in [6.45, 7) is 9.37. The van der Waals surface area contributed by atoms with Crippen LogP contribution in [0.4, 0.5) is 27.4 Å². The normalized spacial score (nSPS) is 14.1. The van der Waals surface area contributed by atoms with Gasteiger partial charge >= 0.3 is 0 Å². The van der Waals surface area contributed by atoms with Crippen molar-refractivity contribution in [2.24, 2.45) is 0 Å². The molecule has 2 aromatic heterocycles. The molecule has 3 heterocycles. The molecule has 0 saturated carbocycles. The minimum absolute atomic E-state index is 0.301. The summed E-state index contributed by atoms with van der Waals surface area (Å²) < 4.78 is 14.8. The summed E-state index contributed by atoms with van der Waals surface area (Å²) in [6, 6.07) is 16.0. The van der Waals surface area contributed by atoms with Crippen LogP contribution < -0.4 is 16.0 Å². The largest absolute Gasteiger partial charge is 0.369 e. The molecule has 5 rings (SSSR count). The predicted octanol–water partition coefficient (Wildman–Crippen LogP) is 4.40. The highest BCUT2D eigenvalue weighted by Gasteiger charge is 2.15. The number of likely N-dealkylation sites (N-methyl/N-ethyl adjacent to an activating group) is 1. The maximum absolute atomic E-state index is 13.1. The summed E-state index contributed by atoms with van der Waals surface area (Å²) in [5.41, 5.74) is 4.10. The molecule has 1 aliphatic rings. The van der Waals surface area contributed by atoms with Crippen molar-refractivity contribution >= 4 is 28.9 Å². The number of hydrogen-bond acceptors (Lipinski definition) is 8. The fourth-order valence-electron chi connectivity index (χ4n) is 4.71. The third kappa shape index (κ3) is 7.24. The van der Waals surface area contributed by atoms with E-state index < -0.39 is 6.67 Å². The number of aromatic nitrogens is 4. The standard InChI is InChI=1S/C30H36FN9O/c1-21-7-8-25(35-30(41)24-6-4-5-23(16-24)19-31)17-26(21)36-29-15-22(2)37-40(29)28-18-27(33-20-34-28)32-9-10-39-13-11-38(3)12-14-39/h4-8,15-18,20,36H,9-14,19H2,1-3H3,(H,35,41)(H,32,33,34). The van der Waals surface area contributed by atoms with E-state index >= 15 is 0 Å². The van der Waals surface area contributed by atoms with E-state index in [0.29, 0.717) is 22.6 Å². The van der Waals surface area contributed by atoms with Crippen LogP contribution >= 0.6 is 0 Å². The van der Waals surface area contributed by atoms with Crippen LogP contribution in [0.15, 0.2) is 60.9 Å². The van der Waals surface area contributed by atoms with Gasteiger partial charge in [-0.3, -0.25) is 9.69 Å². The topological polar surface area (TPSA) is 103 Å². The molecule has 2 aromatic carbocycles. The predicted molar refractivity (Wildman–Crippen MR) is 160 cm³/mol. The van der Waals surface area contributed by atoms with E-state index in [1.807, 2.05) is 44.2 Å². The lowest BCUT2D eigenvalue weighted by Gasteiger charge is -2.32. The number of nitrogens with zero attached hydrogens (tertiary/aromatic N) is 6. The Hall–Kier alpha value is -4.35. The van der Waals surface area contributed by atoms with Gasteiger partial charge in [0.2, 0.25) is 0 Å². The van der Waals surface area contributed by atoms with Gasteiger partial charge in [-0.25, -0.2) is 14.4 Å². The number of alkyl halides is 1. The number of hydrogen-bond donors (Lipinski definition) is 3. The first-order valence-electron chi connectivity index (χ1n) is 13.8. The van der Waals surface area contributed by atoms with Crippen LogP contribution in [0.3, 0.4) is 0 Å². The lowest BCUT2D eigenvalue weighted by atomic mass is 10.1. The second-order valence-corrected chi connectivity index (χ2v) is 10.4. The number of carbonyl (C=O) groups excluding carboxylic acids is 1. The number of carbonyl (C=O) groups is 1. The molecular formula is C30H36FN9O. The molecule has 1 fully saturated rings. The molecule has 0 radical (unpaired) electrons. The Morgan fingerprint density at radius 2 is 1.83 bits per heavy atom. The van der Waals surface area contributed by atoms with Gasteiger partial charge in [-0.2, -0.15) is 9.78 Å². The first-order valence-corrected chi connectivity index (χ1v) is 13.8. The van der Waals surface area contributed by atoms with Gasteiger partial charge in [0, 0.05) is 68.3 Å². The summed E-state index contributed by atoms with van der Waals surface area (Å²) in [5.74, 6) is 1.80. The zero-order valence-corrected chi connectivity index (χ0v) is 23.7. The molecule has 1 saturated heterocycles. The molecule has 1 amide bonds. The van der Waals surface area contributed by atoms with Gasteiger partial charge in [0.25, 0.3) is 5.91 Å². The van der Waals surface area contributed by atoms with Gasteiger partial charge in [-0.1, -0.05) is 18.2 Å². The minimum Gasteiger partial charge on any atom is -0.369 e. The smallest absolute Gasteiger partial charge is 0.255 e. The SMILES string of the molecule is Cc1cc(Nc2cc(NC(=O)c3cccc(CF)c3)ccc2C)n(-c2cc(NCCN3CCN(C)CC3)ncn2)n1. The molecule has 41 heavy (non-hydrogen) atoms. The Kier molecular flexibility index (Phi) is 8.85. The molecule has 11 heteroatoms. The van der Waals surface area contributed by atoms with Crippen LogP contribution in [0, 0.1) is 13.8 Å². The molecular weight excluding hydrogens is 521 g/mol. The summed E-state index contributed by atoms with van der Waals surface area (Å²) >= 11 is 0. The molecule has 1 aliphatic heterocycles. The number of amides is 1. The molecule has 4 aromatic rings. The zero-order chi connectivity index (χ0) is 28.8. The number of aryl methyl sites for hydroxylation is 2. The lowest BCUT2D eigenvalue weighted by Crippen LogP contribution is -2.45. The molecule has 0 bridgehead atoms. The van der Waals surface area contributed by atoms with E-state index in [1.165, 1.54) is 6.33 Å². The number of piperazine rings is 1. The highest BCUT2D eigenvalue weighted by molar-refractivity contribution is 6.04. The first kappa shape index (κ1) is 28.2. The average molecular weight is 558 g/mol. The summed E-state index contributed by atoms with van der Waals surface area (Å²) in [7, 11) is 2.16. The van der Waals surface area contributed by atoms with Gasteiger partial charge < -0.3 is 20.9 Å². The van der Waals surface area contributed by atoms with Crippen molar-refractivity contribution in [3.8, 4) is 5.82 Å². The molecule has 0 spiro atoms. The fourth-order valence-corrected chi connectivity index (χ4v) is 4.71. The molecule has 0 unspecified atom stereocenters. The number of halogens is 1. The summed E-state index contributed by atoms with van der Waals surface area (Å²) in [6.07, 6.45) is 1.54. The quantitative estimate of drug-likeness (QED) is 0.264. The Morgan fingerprint density at radius 1 is 1.00 bits per heavy atom. The Bertz CT molecular complexity index is 1500. The van der Waals surface area contributed by atoms with Crippen LogP contribution in [-0.4, -0.2) is 81.8 Å². The van der Waals surface area contributed by atoms with E-state index in [0.717, 1.165) is 67.8 Å². The minimum atomic E-state index is -0.618. The van der Waals surface area contributed by atoms with Crippen molar-refractivity contribution < 1.29 is 9.18 Å². The van der Waals surface area contributed by atoms with E-state index in [9.17, 15) is 9.18 Å². The Morgan fingerprint density at radius 3 is 2.63 bits per heavy atom. The lowest BCUT2D eigenvalue weighted by molar-refractivity contribution is 0.102. The number of rotatable bonds is 10. The van der Waals surface area contributed by atoms with Crippen molar-refractivity contribution in [2.45, 2.75) is 20.5 Å². The second-order valence-electron chi connectivity index (χ2n) is 10.4. The number of nitrogens with one attached hydrogen (secondary N) is 3. The van der Waals surface area contributed by atoms with Crippen LogP contribution in [0.1, 0.15) is 27.2 Å². The van der Waals surface area contributed by atoms with Crippen molar-refractivity contribution in [1.82, 2.24) is 29.5 Å². The van der Waals surface area contributed by atoms with Crippen LogP contribution in [-0.2, 0) is 6.67 Å². The summed E-state index contributed by atoms with van der Waals surface area (Å²) in [5, 5.41) is 14.4. The van der Waals surface area contributed by atoms with Crippen molar-refractivity contribution in [3.05, 3.63) is 83.3 Å². The first-order chi connectivity index (χ1) is 19.9. The summed E-state index contributed by atoms with van der Waals surface area (Å²) in [4.78, 5) is 26.5. The van der Waals surface area contributed by atoms with Gasteiger partial charge in [-0.05, 0) is 56.3 Å². The van der Waals surface area contributed by atoms with E-state index in [4.69, 9.17) is 0 Å². The van der Waals surface area contributed by atoms with E-state index in [2.05, 4.69) is 47.9 Å². The van der Waals surface area contributed by atoms with Gasteiger partial charge in [0.1, 0.15) is 24.6 Å². The highest BCUT2D eigenvalue weighted by atomic mass is 19.1. The fraction of sp³-hybridized carbons (Fsp3) is 0.333. The van der Waals surface area contributed by atoms with E-state index in [-0.39, 0.29) is 5.91 Å². The van der Waals surface area contributed by atoms with Crippen LogP contribution in [0.2, 0.25) is 0 Å². The zero-order valence-electron chi connectivity index (χ0n) is 23.7. The number of benzene rings is 2. The molecule has 0 atom stereocenters. The molecule has 3 N–H and O–H groups in total. The Balaban J connectivity index is 1.28. The molecule has 214 valence electrons. The van der Waals surface area contributed by atoms with Gasteiger partial charge in [0.05, 0.1) is 5.69 Å². The Labute approximate surface area is 239 Å². The van der Waals surface area contributed by atoms with Crippen molar-refractivity contribution in [1.29, 1.82) is 0 Å². The second kappa shape index (κ2) is 12.9. The van der Waals surface area contributed by atoms with Gasteiger partial charge in [-0.15, -0.1) is 0 Å². The molecule has 10 nitrogen and oxygen atoms in total. The maximum atomic E-state index is 13.1. The van der Waals surface area contributed by atoms with Gasteiger partial charge in [0.15, 0.2) is 5.82 Å². The van der Waals surface area contributed by atoms with Crippen molar-refractivity contribution in [2.75, 3.05) is 62.3 Å². The van der Waals surface area contributed by atoms with E-state index in [1.54, 1.807) is 28.9 Å². The van der Waals surface area contributed by atoms with Crippen molar-refractivity contribution in [3.63, 3.8) is 0 Å².